The standard InChI is InChI=1S/C18H28N2O2/c1-3-15(4-2)18(22)17(21)14-19-10-12-20(13-11-19)16-8-6-5-7-9-16/h5-9,17,21-22H,3-4,10-14H2,1-2H3. The number of benzene rings is 1. The first-order chi connectivity index (χ1) is 10.7. The number of hydrogen-bond donors (Lipinski definition) is 2. The topological polar surface area (TPSA) is 46.9 Å². The number of piperazine rings is 1. The van der Waals surface area contributed by atoms with E-state index in [1.807, 2.05) is 19.9 Å². The molecule has 122 valence electrons. The minimum atomic E-state index is -0.766. The molecule has 1 aromatic rings. The molecule has 4 heteroatoms. The van der Waals surface area contributed by atoms with Gasteiger partial charge in [-0.1, -0.05) is 32.0 Å². The number of aliphatic hydroxyl groups is 2. The second-order valence-electron chi connectivity index (χ2n) is 5.83. The van der Waals surface area contributed by atoms with Crippen molar-refractivity contribution in [2.45, 2.75) is 32.8 Å². The molecule has 1 heterocycles. The largest absolute Gasteiger partial charge is 0.510 e. The average molecular weight is 304 g/mol. The van der Waals surface area contributed by atoms with E-state index >= 15 is 0 Å². The number of anilines is 1. The molecular formula is C18H28N2O2. The molecule has 2 rings (SSSR count). The van der Waals surface area contributed by atoms with Crippen molar-refractivity contribution in [1.29, 1.82) is 0 Å². The molecule has 1 aromatic carbocycles. The van der Waals surface area contributed by atoms with Gasteiger partial charge in [0.2, 0.25) is 0 Å². The van der Waals surface area contributed by atoms with Gasteiger partial charge in [0.15, 0.2) is 0 Å². The number of β-amino-alcohol motifs (C(OH)–C–C–N with tert-alkyl or cyclic N) is 1. The number of rotatable bonds is 6. The monoisotopic (exact) mass is 304 g/mol. The lowest BCUT2D eigenvalue weighted by molar-refractivity contribution is 0.0972. The zero-order valence-electron chi connectivity index (χ0n) is 13.7. The van der Waals surface area contributed by atoms with Gasteiger partial charge >= 0.3 is 0 Å². The zero-order chi connectivity index (χ0) is 15.9. The van der Waals surface area contributed by atoms with Crippen LogP contribution < -0.4 is 4.90 Å². The number of nitrogens with zero attached hydrogens (tertiary/aromatic N) is 2. The molecule has 0 spiro atoms. The Kier molecular flexibility index (Phi) is 6.28. The van der Waals surface area contributed by atoms with E-state index in [0.29, 0.717) is 6.54 Å². The van der Waals surface area contributed by atoms with Crippen molar-refractivity contribution in [3.8, 4) is 0 Å². The van der Waals surface area contributed by atoms with Gasteiger partial charge in [-0.05, 0) is 30.5 Å². The SMILES string of the molecule is CCC(CC)=C(O)C(O)CN1CCN(c2ccccc2)CC1. The minimum Gasteiger partial charge on any atom is -0.510 e. The van der Waals surface area contributed by atoms with Crippen LogP contribution >= 0.6 is 0 Å². The molecule has 0 aliphatic carbocycles. The smallest absolute Gasteiger partial charge is 0.123 e. The fourth-order valence-electron chi connectivity index (χ4n) is 3.01. The lowest BCUT2D eigenvalue weighted by atomic mass is 10.1. The second kappa shape index (κ2) is 8.20. The molecule has 0 saturated carbocycles. The van der Waals surface area contributed by atoms with E-state index in [1.165, 1.54) is 5.69 Å². The fraction of sp³-hybridized carbons (Fsp3) is 0.556. The Labute approximate surface area is 133 Å². The quantitative estimate of drug-likeness (QED) is 0.793. The normalized spacial score (nSPS) is 17.3. The van der Waals surface area contributed by atoms with Crippen LogP contribution in [0, 0.1) is 0 Å². The first-order valence-electron chi connectivity index (χ1n) is 8.27. The highest BCUT2D eigenvalue weighted by Crippen LogP contribution is 2.18. The summed E-state index contributed by atoms with van der Waals surface area (Å²) in [6.45, 7) is 8.27. The summed E-state index contributed by atoms with van der Waals surface area (Å²) >= 11 is 0. The maximum absolute atomic E-state index is 10.2. The van der Waals surface area contributed by atoms with Gasteiger partial charge in [0.05, 0.1) is 0 Å². The number of para-hydroxylation sites is 1. The molecule has 1 fully saturated rings. The lowest BCUT2D eigenvalue weighted by Gasteiger charge is -2.37. The Bertz CT molecular complexity index is 473. The van der Waals surface area contributed by atoms with E-state index < -0.39 is 6.10 Å². The van der Waals surface area contributed by atoms with Crippen LogP contribution in [0.3, 0.4) is 0 Å². The van der Waals surface area contributed by atoms with Crippen LogP contribution in [0.15, 0.2) is 41.7 Å². The van der Waals surface area contributed by atoms with E-state index in [2.05, 4.69) is 34.1 Å². The molecule has 1 aliphatic heterocycles. The molecular weight excluding hydrogens is 276 g/mol. The van der Waals surface area contributed by atoms with Gasteiger partial charge in [-0.3, -0.25) is 4.90 Å². The van der Waals surface area contributed by atoms with E-state index in [9.17, 15) is 10.2 Å². The molecule has 2 N–H and O–H groups in total. The molecule has 1 atom stereocenters. The van der Waals surface area contributed by atoms with Crippen LogP contribution in [-0.4, -0.2) is 53.9 Å². The molecule has 0 bridgehead atoms. The van der Waals surface area contributed by atoms with E-state index in [1.54, 1.807) is 0 Å². The number of aliphatic hydroxyl groups excluding tert-OH is 2. The van der Waals surface area contributed by atoms with Gasteiger partial charge in [-0.2, -0.15) is 0 Å². The predicted molar refractivity (Wildman–Crippen MR) is 91.3 cm³/mol. The summed E-state index contributed by atoms with van der Waals surface area (Å²) in [6, 6.07) is 10.4. The van der Waals surface area contributed by atoms with Crippen molar-refractivity contribution in [2.24, 2.45) is 0 Å². The van der Waals surface area contributed by atoms with Gasteiger partial charge in [0, 0.05) is 38.4 Å². The molecule has 1 aliphatic rings. The lowest BCUT2D eigenvalue weighted by Crippen LogP contribution is -2.48. The Morgan fingerprint density at radius 2 is 1.64 bits per heavy atom. The van der Waals surface area contributed by atoms with Crippen LogP contribution in [0.5, 0.6) is 0 Å². The molecule has 0 aromatic heterocycles. The van der Waals surface area contributed by atoms with Crippen LogP contribution in [0.4, 0.5) is 5.69 Å². The molecule has 4 nitrogen and oxygen atoms in total. The summed E-state index contributed by atoms with van der Waals surface area (Å²) in [6.07, 6.45) is 0.820. The van der Waals surface area contributed by atoms with Gasteiger partial charge in [-0.15, -0.1) is 0 Å². The third-order valence-electron chi connectivity index (χ3n) is 4.46. The highest BCUT2D eigenvalue weighted by molar-refractivity contribution is 5.46. The summed E-state index contributed by atoms with van der Waals surface area (Å²) in [7, 11) is 0. The molecule has 1 saturated heterocycles. The maximum atomic E-state index is 10.2. The summed E-state index contributed by atoms with van der Waals surface area (Å²) in [4.78, 5) is 4.59. The van der Waals surface area contributed by atoms with Crippen LogP contribution in [0.25, 0.3) is 0 Å². The summed E-state index contributed by atoms with van der Waals surface area (Å²) < 4.78 is 0. The van der Waals surface area contributed by atoms with Gasteiger partial charge in [0.25, 0.3) is 0 Å². The maximum Gasteiger partial charge on any atom is 0.123 e. The molecule has 22 heavy (non-hydrogen) atoms. The highest BCUT2D eigenvalue weighted by atomic mass is 16.3. The third kappa shape index (κ3) is 4.24. The first kappa shape index (κ1) is 16.8. The first-order valence-corrected chi connectivity index (χ1v) is 8.27. The minimum absolute atomic E-state index is 0.176. The van der Waals surface area contributed by atoms with Crippen LogP contribution in [0.2, 0.25) is 0 Å². The van der Waals surface area contributed by atoms with Crippen molar-refractivity contribution < 1.29 is 10.2 Å². The van der Waals surface area contributed by atoms with Crippen molar-refractivity contribution in [3.63, 3.8) is 0 Å². The number of allylic oxidation sites excluding steroid dienone is 1. The zero-order valence-corrected chi connectivity index (χ0v) is 13.7. The number of hydrogen-bond acceptors (Lipinski definition) is 4. The van der Waals surface area contributed by atoms with Crippen molar-refractivity contribution >= 4 is 5.69 Å². The van der Waals surface area contributed by atoms with E-state index in [0.717, 1.165) is 44.6 Å². The van der Waals surface area contributed by atoms with Crippen LogP contribution in [-0.2, 0) is 0 Å². The van der Waals surface area contributed by atoms with E-state index in [4.69, 9.17) is 0 Å². The van der Waals surface area contributed by atoms with Gasteiger partial charge < -0.3 is 15.1 Å². The van der Waals surface area contributed by atoms with Crippen molar-refractivity contribution in [2.75, 3.05) is 37.6 Å². The van der Waals surface area contributed by atoms with Crippen molar-refractivity contribution in [3.05, 3.63) is 41.7 Å². The second-order valence-corrected chi connectivity index (χ2v) is 5.83. The Morgan fingerprint density at radius 3 is 2.18 bits per heavy atom. The Hall–Kier alpha value is -1.52. The summed E-state index contributed by atoms with van der Waals surface area (Å²) in [5.41, 5.74) is 2.21. The molecule has 0 amide bonds. The Balaban J connectivity index is 1.86. The Morgan fingerprint density at radius 1 is 1.05 bits per heavy atom. The summed E-state index contributed by atoms with van der Waals surface area (Å²) in [5.74, 6) is 0.176. The fourth-order valence-corrected chi connectivity index (χ4v) is 3.01. The highest BCUT2D eigenvalue weighted by Gasteiger charge is 2.22. The summed E-state index contributed by atoms with van der Waals surface area (Å²) in [5, 5.41) is 20.4. The third-order valence-corrected chi connectivity index (χ3v) is 4.46. The predicted octanol–water partition coefficient (Wildman–Crippen LogP) is 2.80. The van der Waals surface area contributed by atoms with Crippen LogP contribution in [0.1, 0.15) is 26.7 Å². The van der Waals surface area contributed by atoms with Crippen molar-refractivity contribution in [1.82, 2.24) is 4.90 Å². The van der Waals surface area contributed by atoms with Gasteiger partial charge in [0.1, 0.15) is 11.9 Å². The van der Waals surface area contributed by atoms with Gasteiger partial charge in [-0.25, -0.2) is 0 Å². The molecule has 0 radical (unpaired) electrons. The van der Waals surface area contributed by atoms with E-state index in [-0.39, 0.29) is 5.76 Å². The average Bonchev–Trinajstić information content (AvgIpc) is 2.57. The molecule has 1 unspecified atom stereocenters.